The van der Waals surface area contributed by atoms with E-state index in [-0.39, 0.29) is 17.2 Å². The van der Waals surface area contributed by atoms with Gasteiger partial charge in [-0.3, -0.25) is 4.79 Å². The second-order valence-corrected chi connectivity index (χ2v) is 5.17. The second kappa shape index (κ2) is 5.82. The highest BCUT2D eigenvalue weighted by Crippen LogP contribution is 2.20. The summed E-state index contributed by atoms with van der Waals surface area (Å²) < 4.78 is 25.9. The average molecular weight is 343 g/mol. The first-order chi connectivity index (χ1) is 12.9. The summed E-state index contributed by atoms with van der Waals surface area (Å²) in [7, 11) is 0. The molecule has 1 amide bonds. The number of aromatic nitrogens is 6. The first kappa shape index (κ1) is 11.4. The zero-order valence-corrected chi connectivity index (χ0v) is 12.7. The third-order valence-electron chi connectivity index (χ3n) is 3.17. The number of nitrogens with one attached hydrogen (secondary N) is 1. The van der Waals surface area contributed by atoms with Crippen LogP contribution in [0.15, 0.2) is 42.6 Å². The lowest BCUT2D eigenvalue weighted by molar-refractivity contribution is -0.115. The summed E-state index contributed by atoms with van der Waals surface area (Å²) in [5, 5.41) is 11.9. The highest BCUT2D eigenvalue weighted by atomic mass is 35.5. The molecule has 0 saturated heterocycles. The molecule has 0 spiro atoms. The molecule has 0 aliphatic heterocycles. The predicted octanol–water partition coefficient (Wildman–Crippen LogP) is 1.90. The summed E-state index contributed by atoms with van der Waals surface area (Å²) >= 11 is 6.00. The van der Waals surface area contributed by atoms with Crippen LogP contribution in [0.3, 0.4) is 0 Å². The lowest BCUT2D eigenvalue weighted by Gasteiger charge is -2.06. The molecule has 3 heterocycles. The molecule has 0 radical (unpaired) electrons. The van der Waals surface area contributed by atoms with E-state index in [9.17, 15) is 4.79 Å². The zero-order chi connectivity index (χ0) is 19.2. The highest BCUT2D eigenvalue weighted by molar-refractivity contribution is 6.31. The van der Waals surface area contributed by atoms with Gasteiger partial charge in [0.2, 0.25) is 11.6 Å². The Kier molecular flexibility index (Phi) is 2.77. The summed E-state index contributed by atoms with van der Waals surface area (Å²) in [5.74, 6) is -1.20. The van der Waals surface area contributed by atoms with Gasteiger partial charge in [0, 0.05) is 14.0 Å². The van der Waals surface area contributed by atoms with Crippen molar-refractivity contribution in [3.8, 4) is 0 Å². The molecular formula is C15H10ClN7O. The molecule has 24 heavy (non-hydrogen) atoms. The summed E-state index contributed by atoms with van der Waals surface area (Å²) in [6.07, 6.45) is -1.29. The minimum absolute atomic E-state index is 0.0224. The maximum Gasteiger partial charge on any atom is 0.231 e. The third kappa shape index (κ3) is 2.63. The molecule has 4 rings (SSSR count). The van der Waals surface area contributed by atoms with Crippen LogP contribution >= 0.6 is 11.6 Å². The molecule has 8 nitrogen and oxygen atoms in total. The van der Waals surface area contributed by atoms with Crippen molar-refractivity contribution in [3.05, 3.63) is 53.3 Å². The highest BCUT2D eigenvalue weighted by Gasteiger charge is 2.15. The van der Waals surface area contributed by atoms with Crippen molar-refractivity contribution < 1.29 is 8.95 Å². The van der Waals surface area contributed by atoms with Crippen LogP contribution < -0.4 is 5.31 Å². The van der Waals surface area contributed by atoms with Crippen molar-refractivity contribution in [2.45, 2.75) is 6.37 Å². The molecule has 118 valence electrons. The molecule has 0 unspecified atom stereocenters. The number of hydrogen-bond donors (Lipinski definition) is 1. The standard InChI is InChI=1S/C15H10ClN7O/c16-9-4-5-12-10(7-9)18-11(15-20-21-22-23(12)15)8-14(24)19-13-3-1-2-6-17-13/h1-7H,8H2,(H,17,19,24)/i8D2/hD. The quantitative estimate of drug-likeness (QED) is 0.610. The number of rotatable bonds is 3. The van der Waals surface area contributed by atoms with Gasteiger partial charge in [0.25, 0.3) is 0 Å². The van der Waals surface area contributed by atoms with Crippen LogP contribution in [-0.2, 0) is 11.2 Å². The molecular weight excluding hydrogens is 330 g/mol. The van der Waals surface area contributed by atoms with Gasteiger partial charge in [-0.25, -0.2) is 9.97 Å². The summed E-state index contributed by atoms with van der Waals surface area (Å²) in [6, 6.07) is 9.40. The maximum absolute atomic E-state index is 12.7. The van der Waals surface area contributed by atoms with Gasteiger partial charge in [-0.2, -0.15) is 4.52 Å². The Morgan fingerprint density at radius 3 is 3.12 bits per heavy atom. The third-order valence-corrected chi connectivity index (χ3v) is 3.41. The normalized spacial score (nSPS) is 13.5. The summed E-state index contributed by atoms with van der Waals surface area (Å²) in [4.78, 5) is 20.8. The molecule has 0 aliphatic rings. The van der Waals surface area contributed by atoms with Gasteiger partial charge in [-0.1, -0.05) is 17.7 Å². The van der Waals surface area contributed by atoms with E-state index in [1.54, 1.807) is 24.3 Å². The van der Waals surface area contributed by atoms with E-state index in [0.717, 1.165) is 0 Å². The van der Waals surface area contributed by atoms with Crippen LogP contribution in [0.4, 0.5) is 5.82 Å². The van der Waals surface area contributed by atoms with Crippen molar-refractivity contribution >= 4 is 40.0 Å². The number of tetrazole rings is 1. The van der Waals surface area contributed by atoms with Crippen LogP contribution in [0.2, 0.25) is 6.43 Å². The van der Waals surface area contributed by atoms with E-state index in [1.807, 2.05) is 0 Å². The molecule has 9 heteroatoms. The van der Waals surface area contributed by atoms with Gasteiger partial charge in [0.1, 0.15) is 5.82 Å². The van der Waals surface area contributed by atoms with Gasteiger partial charge >= 0.3 is 0 Å². The van der Waals surface area contributed by atoms with Crippen LogP contribution in [0.1, 0.15) is 8.44 Å². The van der Waals surface area contributed by atoms with Gasteiger partial charge < -0.3 is 5.31 Å². The van der Waals surface area contributed by atoms with E-state index in [2.05, 4.69) is 25.5 Å². The van der Waals surface area contributed by atoms with E-state index in [0.29, 0.717) is 21.4 Å². The number of hydrogen-bond acceptors (Lipinski definition) is 6. The number of benzene rings is 1. The van der Waals surface area contributed by atoms with Crippen LogP contribution in [0, 0.1) is 0 Å². The van der Waals surface area contributed by atoms with E-state index >= 15 is 0 Å². The van der Waals surface area contributed by atoms with Gasteiger partial charge in [0.05, 0.1) is 23.1 Å². The first-order valence-corrected chi connectivity index (χ1v) is 7.19. The number of pyridine rings is 1. The fraction of sp³-hybridized carbons (Fsp3) is 0.0667. The second-order valence-electron chi connectivity index (χ2n) is 4.74. The first-order valence-electron chi connectivity index (χ1n) is 8.26. The van der Waals surface area contributed by atoms with Crippen molar-refractivity contribution in [1.29, 1.82) is 0 Å². The van der Waals surface area contributed by atoms with Gasteiger partial charge in [-0.15, -0.1) is 5.10 Å². The molecule has 1 N–H and O–H groups in total. The van der Waals surface area contributed by atoms with E-state index < -0.39 is 12.3 Å². The van der Waals surface area contributed by atoms with Crippen LogP contribution in [0.5, 0.6) is 0 Å². The Labute approximate surface area is 144 Å². The number of halogens is 1. The summed E-state index contributed by atoms with van der Waals surface area (Å²) in [6.45, 7) is 0. The molecule has 1 aromatic carbocycles. The molecule has 0 atom stereocenters. The largest absolute Gasteiger partial charge is 0.310 e. The van der Waals surface area contributed by atoms with E-state index in [1.165, 1.54) is 22.8 Å². The Bertz CT molecular complexity index is 1170. The van der Waals surface area contributed by atoms with Crippen LogP contribution in [-0.4, -0.2) is 35.9 Å². The Hall–Kier alpha value is -3.13. The number of anilines is 1. The lowest BCUT2D eigenvalue weighted by Crippen LogP contribution is -2.17. The number of carbonyl (C=O) groups excluding carboxylic acids is 1. The molecule has 0 aliphatic carbocycles. The molecule has 0 bridgehead atoms. The van der Waals surface area contributed by atoms with Crippen molar-refractivity contribution in [2.24, 2.45) is 0 Å². The van der Waals surface area contributed by atoms with Gasteiger partial charge in [-0.05, 0) is 40.8 Å². The van der Waals surface area contributed by atoms with Crippen molar-refractivity contribution in [1.82, 2.24) is 30.0 Å². The molecule has 4 aromatic rings. The minimum Gasteiger partial charge on any atom is -0.310 e. The van der Waals surface area contributed by atoms with Crippen molar-refractivity contribution in [3.63, 3.8) is 0 Å². The Morgan fingerprint density at radius 2 is 2.29 bits per heavy atom. The van der Waals surface area contributed by atoms with E-state index in [4.69, 9.17) is 15.8 Å². The number of nitrogens with zero attached hydrogens (tertiary/aromatic N) is 6. The Balaban J connectivity index is 1.88. The Morgan fingerprint density at radius 1 is 1.38 bits per heavy atom. The zero-order valence-electron chi connectivity index (χ0n) is 15.0. The lowest BCUT2D eigenvalue weighted by atomic mass is 10.2. The van der Waals surface area contributed by atoms with Gasteiger partial charge in [0.15, 0.2) is 1.41 Å². The predicted molar refractivity (Wildman–Crippen MR) is 87.7 cm³/mol. The fourth-order valence-corrected chi connectivity index (χ4v) is 2.34. The average Bonchev–Trinajstić information content (AvgIpc) is 3.16. The monoisotopic (exact) mass is 342 g/mol. The number of amides is 1. The number of carbonyl (C=O) groups is 1. The fourth-order valence-electron chi connectivity index (χ4n) is 2.17. The SMILES string of the molecule is [2H]N(C(=O)C([2H])([2H])c1nc2cc(Cl)ccc2n2nnnc12)c1ccccn1. The molecule has 3 aromatic heterocycles. The number of fused-ring (bicyclic) bond motifs is 3. The minimum atomic E-state index is -2.69. The van der Waals surface area contributed by atoms with Crippen molar-refractivity contribution in [2.75, 3.05) is 5.31 Å². The molecule has 0 saturated carbocycles. The molecule has 0 fully saturated rings. The smallest absolute Gasteiger partial charge is 0.231 e. The van der Waals surface area contributed by atoms with Crippen LogP contribution in [0.25, 0.3) is 16.7 Å². The topological polar surface area (TPSA) is 98.0 Å². The maximum atomic E-state index is 12.7. The summed E-state index contributed by atoms with van der Waals surface area (Å²) in [5.41, 5.74) is 0.459.